The largest absolute Gasteiger partial charge is 0.375 e. The van der Waals surface area contributed by atoms with Crippen LogP contribution in [0.4, 0.5) is 5.69 Å². The summed E-state index contributed by atoms with van der Waals surface area (Å²) in [7, 11) is 0. The van der Waals surface area contributed by atoms with Gasteiger partial charge in [-0.25, -0.2) is 0 Å². The summed E-state index contributed by atoms with van der Waals surface area (Å²) in [6.45, 7) is 6.36. The molecule has 3 nitrogen and oxygen atoms in total. The first-order valence-corrected chi connectivity index (χ1v) is 6.70. The van der Waals surface area contributed by atoms with Gasteiger partial charge in [-0.1, -0.05) is 31.0 Å². The molecule has 0 saturated carbocycles. The highest BCUT2D eigenvalue weighted by atomic mass is 35.5. The second kappa shape index (κ2) is 7.27. The number of halogens is 1. The third kappa shape index (κ3) is 4.96. The molecule has 100 valence electrons. The summed E-state index contributed by atoms with van der Waals surface area (Å²) in [5, 5.41) is 6.63. The number of amides is 1. The Morgan fingerprint density at radius 1 is 1.44 bits per heavy atom. The molecule has 0 spiro atoms. The fraction of sp³-hybridized carbons (Fsp3) is 0.500. The monoisotopic (exact) mass is 268 g/mol. The zero-order chi connectivity index (χ0) is 13.5. The van der Waals surface area contributed by atoms with Crippen molar-refractivity contribution in [1.29, 1.82) is 0 Å². The van der Waals surface area contributed by atoms with Crippen LogP contribution in [0.1, 0.15) is 32.3 Å². The molecule has 18 heavy (non-hydrogen) atoms. The normalized spacial score (nSPS) is 12.0. The number of benzene rings is 1. The van der Waals surface area contributed by atoms with Crippen molar-refractivity contribution in [2.45, 2.75) is 39.7 Å². The number of aryl methyl sites for hydroxylation is 1. The van der Waals surface area contributed by atoms with E-state index >= 15 is 0 Å². The van der Waals surface area contributed by atoms with Gasteiger partial charge in [-0.2, -0.15) is 0 Å². The lowest BCUT2D eigenvalue weighted by molar-refractivity contribution is -0.120. The Labute approximate surface area is 114 Å². The highest BCUT2D eigenvalue weighted by molar-refractivity contribution is 6.33. The van der Waals surface area contributed by atoms with Crippen molar-refractivity contribution in [3.05, 3.63) is 28.8 Å². The number of carbonyl (C=O) groups is 1. The number of hydrogen-bond acceptors (Lipinski definition) is 2. The fourth-order valence-corrected chi connectivity index (χ4v) is 1.97. The molecule has 1 aromatic carbocycles. The van der Waals surface area contributed by atoms with Crippen molar-refractivity contribution in [3.63, 3.8) is 0 Å². The van der Waals surface area contributed by atoms with Gasteiger partial charge in [0, 0.05) is 6.04 Å². The van der Waals surface area contributed by atoms with Crippen LogP contribution >= 0.6 is 11.6 Å². The molecule has 0 bridgehead atoms. The summed E-state index contributed by atoms with van der Waals surface area (Å²) in [5.74, 6) is -0.00600. The molecular weight excluding hydrogens is 248 g/mol. The summed E-state index contributed by atoms with van der Waals surface area (Å²) >= 11 is 6.04. The van der Waals surface area contributed by atoms with E-state index in [0.29, 0.717) is 5.02 Å². The van der Waals surface area contributed by atoms with Crippen molar-refractivity contribution >= 4 is 23.2 Å². The van der Waals surface area contributed by atoms with E-state index in [1.165, 1.54) is 0 Å². The van der Waals surface area contributed by atoms with Crippen molar-refractivity contribution in [2.75, 3.05) is 11.9 Å². The molecule has 1 amide bonds. The van der Waals surface area contributed by atoms with Gasteiger partial charge in [-0.15, -0.1) is 0 Å². The molecule has 4 heteroatoms. The smallest absolute Gasteiger partial charge is 0.239 e. The van der Waals surface area contributed by atoms with Gasteiger partial charge in [0.2, 0.25) is 5.91 Å². The Balaban J connectivity index is 2.45. The number of rotatable bonds is 6. The van der Waals surface area contributed by atoms with Crippen LogP contribution in [0.25, 0.3) is 0 Å². The minimum Gasteiger partial charge on any atom is -0.375 e. The lowest BCUT2D eigenvalue weighted by atomic mass is 10.2. The molecule has 0 aliphatic heterocycles. The molecule has 1 atom stereocenters. The van der Waals surface area contributed by atoms with Gasteiger partial charge in [0.1, 0.15) is 0 Å². The Morgan fingerprint density at radius 3 is 2.83 bits per heavy atom. The zero-order valence-electron chi connectivity index (χ0n) is 11.2. The van der Waals surface area contributed by atoms with Crippen LogP contribution in [0.3, 0.4) is 0 Å². The molecule has 1 unspecified atom stereocenters. The maximum atomic E-state index is 11.7. The average molecular weight is 269 g/mol. The first-order valence-electron chi connectivity index (χ1n) is 6.32. The molecule has 0 aliphatic rings. The van der Waals surface area contributed by atoms with E-state index in [4.69, 9.17) is 11.6 Å². The molecule has 0 radical (unpaired) electrons. The molecule has 1 rings (SSSR count). The molecule has 0 aromatic heterocycles. The predicted octanol–water partition coefficient (Wildman–Crippen LogP) is 3.37. The Kier molecular flexibility index (Phi) is 5.99. The lowest BCUT2D eigenvalue weighted by Gasteiger charge is -2.14. The minimum absolute atomic E-state index is 0.00600. The van der Waals surface area contributed by atoms with Gasteiger partial charge in [0.05, 0.1) is 17.3 Å². The maximum absolute atomic E-state index is 11.7. The molecule has 0 heterocycles. The summed E-state index contributed by atoms with van der Waals surface area (Å²) in [4.78, 5) is 11.7. The molecule has 0 fully saturated rings. The van der Waals surface area contributed by atoms with Gasteiger partial charge in [-0.3, -0.25) is 4.79 Å². The highest BCUT2D eigenvalue weighted by Gasteiger charge is 2.07. The van der Waals surface area contributed by atoms with Gasteiger partial charge in [0.15, 0.2) is 0 Å². The Morgan fingerprint density at radius 2 is 2.17 bits per heavy atom. The third-order valence-corrected chi connectivity index (χ3v) is 3.02. The van der Waals surface area contributed by atoms with Crippen molar-refractivity contribution in [1.82, 2.24) is 5.32 Å². The van der Waals surface area contributed by atoms with Crippen molar-refractivity contribution in [3.8, 4) is 0 Å². The van der Waals surface area contributed by atoms with Crippen LogP contribution in [-0.2, 0) is 4.79 Å². The van der Waals surface area contributed by atoms with Gasteiger partial charge < -0.3 is 10.6 Å². The standard InChI is InChI=1S/C14H21ClN2O/c1-4-5-11(3)17-14(18)9-16-13-8-10(2)6-7-12(13)15/h6-8,11,16H,4-5,9H2,1-3H3,(H,17,18). The summed E-state index contributed by atoms with van der Waals surface area (Å²) in [6, 6.07) is 5.93. The average Bonchev–Trinajstić information content (AvgIpc) is 2.30. The topological polar surface area (TPSA) is 41.1 Å². The van der Waals surface area contributed by atoms with E-state index in [0.717, 1.165) is 24.1 Å². The van der Waals surface area contributed by atoms with Crippen molar-refractivity contribution < 1.29 is 4.79 Å². The quantitative estimate of drug-likeness (QED) is 0.831. The van der Waals surface area contributed by atoms with Gasteiger partial charge >= 0.3 is 0 Å². The van der Waals surface area contributed by atoms with Gasteiger partial charge in [0.25, 0.3) is 0 Å². The fourth-order valence-electron chi connectivity index (χ4n) is 1.78. The Bertz CT molecular complexity index is 407. The van der Waals surface area contributed by atoms with E-state index in [1.54, 1.807) is 0 Å². The van der Waals surface area contributed by atoms with E-state index in [-0.39, 0.29) is 18.5 Å². The van der Waals surface area contributed by atoms with E-state index < -0.39 is 0 Å². The first-order chi connectivity index (χ1) is 8.52. The second-order valence-electron chi connectivity index (χ2n) is 4.59. The molecular formula is C14H21ClN2O. The van der Waals surface area contributed by atoms with E-state index in [2.05, 4.69) is 17.6 Å². The van der Waals surface area contributed by atoms with Crippen LogP contribution in [-0.4, -0.2) is 18.5 Å². The highest BCUT2D eigenvalue weighted by Crippen LogP contribution is 2.22. The molecule has 0 aliphatic carbocycles. The molecule has 0 saturated heterocycles. The second-order valence-corrected chi connectivity index (χ2v) is 5.00. The minimum atomic E-state index is -0.00600. The number of anilines is 1. The first kappa shape index (κ1) is 14.8. The SMILES string of the molecule is CCCC(C)NC(=O)CNc1cc(C)ccc1Cl. The van der Waals surface area contributed by atoms with Crippen LogP contribution < -0.4 is 10.6 Å². The zero-order valence-corrected chi connectivity index (χ0v) is 12.0. The van der Waals surface area contributed by atoms with E-state index in [9.17, 15) is 4.79 Å². The Hall–Kier alpha value is -1.22. The van der Waals surface area contributed by atoms with E-state index in [1.807, 2.05) is 32.0 Å². The number of carbonyl (C=O) groups excluding carboxylic acids is 1. The predicted molar refractivity (Wildman–Crippen MR) is 77.2 cm³/mol. The maximum Gasteiger partial charge on any atom is 0.239 e. The van der Waals surface area contributed by atoms with Crippen molar-refractivity contribution in [2.24, 2.45) is 0 Å². The van der Waals surface area contributed by atoms with Crippen LogP contribution in [0.2, 0.25) is 5.02 Å². The van der Waals surface area contributed by atoms with Crippen LogP contribution in [0.5, 0.6) is 0 Å². The summed E-state index contributed by atoms with van der Waals surface area (Å²) < 4.78 is 0. The number of hydrogen-bond donors (Lipinski definition) is 2. The number of nitrogens with one attached hydrogen (secondary N) is 2. The molecule has 2 N–H and O–H groups in total. The summed E-state index contributed by atoms with van der Waals surface area (Å²) in [6.07, 6.45) is 2.07. The third-order valence-electron chi connectivity index (χ3n) is 2.69. The molecule has 1 aromatic rings. The van der Waals surface area contributed by atoms with Crippen LogP contribution in [0, 0.1) is 6.92 Å². The van der Waals surface area contributed by atoms with Gasteiger partial charge in [-0.05, 0) is 38.0 Å². The van der Waals surface area contributed by atoms with Crippen LogP contribution in [0.15, 0.2) is 18.2 Å². The lowest BCUT2D eigenvalue weighted by Crippen LogP contribution is -2.36. The summed E-state index contributed by atoms with van der Waals surface area (Å²) in [5.41, 5.74) is 1.91.